The summed E-state index contributed by atoms with van der Waals surface area (Å²) in [6.45, 7) is 1.19. The molecule has 0 aromatic carbocycles. The van der Waals surface area contributed by atoms with Gasteiger partial charge >= 0.3 is 0 Å². The van der Waals surface area contributed by atoms with Crippen molar-refractivity contribution in [3.8, 4) is 0 Å². The van der Waals surface area contributed by atoms with Crippen LogP contribution in [0.5, 0.6) is 0 Å². The summed E-state index contributed by atoms with van der Waals surface area (Å²) in [7, 11) is 0. The number of hydrogen-bond acceptors (Lipinski definition) is 5. The molecule has 1 fully saturated rings. The number of hydrogen-bond donors (Lipinski definition) is 2. The number of aromatic nitrogens is 1. The predicted molar refractivity (Wildman–Crippen MR) is 63.2 cm³/mol. The van der Waals surface area contributed by atoms with E-state index in [-0.39, 0.29) is 12.6 Å². The Labute approximate surface area is 93.7 Å². The number of nitrogen functional groups attached to an aromatic ring is 1. The fraction of sp³-hybridized carbons (Fsp3) is 0.700. The predicted octanol–water partition coefficient (Wildman–Crippen LogP) is 1.47. The molecule has 2 heterocycles. The maximum atomic E-state index is 9.36. The smallest absolute Gasteiger partial charge is 0.187 e. The monoisotopic (exact) mass is 227 g/mol. The van der Waals surface area contributed by atoms with Crippen molar-refractivity contribution in [3.05, 3.63) is 6.20 Å². The Morgan fingerprint density at radius 2 is 2.40 bits per heavy atom. The molecule has 0 radical (unpaired) electrons. The number of aliphatic hydroxyl groups is 1. The van der Waals surface area contributed by atoms with Crippen molar-refractivity contribution in [1.29, 1.82) is 0 Å². The van der Waals surface area contributed by atoms with Crippen LogP contribution < -0.4 is 10.6 Å². The molecule has 1 atom stereocenters. The largest absolute Gasteiger partial charge is 0.394 e. The number of anilines is 2. The summed E-state index contributed by atoms with van der Waals surface area (Å²) >= 11 is 1.50. The number of nitrogens with two attached hydrogens (primary N) is 1. The first-order valence-electron chi connectivity index (χ1n) is 5.40. The molecule has 15 heavy (non-hydrogen) atoms. The van der Waals surface area contributed by atoms with Gasteiger partial charge in [-0.25, -0.2) is 4.98 Å². The van der Waals surface area contributed by atoms with Crippen LogP contribution in [0.2, 0.25) is 0 Å². The van der Waals surface area contributed by atoms with E-state index in [1.807, 2.05) is 0 Å². The SMILES string of the molecule is Nc1cnc(N2CCCCCC2CO)s1. The molecule has 1 unspecified atom stereocenters. The summed E-state index contributed by atoms with van der Waals surface area (Å²) in [6, 6.07) is 0.220. The quantitative estimate of drug-likeness (QED) is 0.803. The maximum Gasteiger partial charge on any atom is 0.187 e. The molecule has 3 N–H and O–H groups in total. The second kappa shape index (κ2) is 4.81. The summed E-state index contributed by atoms with van der Waals surface area (Å²) < 4.78 is 0. The fourth-order valence-corrected chi connectivity index (χ4v) is 2.81. The molecule has 1 aromatic rings. The summed E-state index contributed by atoms with van der Waals surface area (Å²) in [5.41, 5.74) is 5.68. The number of rotatable bonds is 2. The van der Waals surface area contributed by atoms with Gasteiger partial charge in [-0.3, -0.25) is 0 Å². The third-order valence-corrected chi connectivity index (χ3v) is 3.71. The van der Waals surface area contributed by atoms with Gasteiger partial charge in [-0.1, -0.05) is 24.2 Å². The number of nitrogens with zero attached hydrogens (tertiary/aromatic N) is 2. The van der Waals surface area contributed by atoms with E-state index in [0.717, 1.165) is 23.1 Å². The van der Waals surface area contributed by atoms with Crippen molar-refractivity contribution >= 4 is 21.5 Å². The van der Waals surface area contributed by atoms with Crippen molar-refractivity contribution in [3.63, 3.8) is 0 Å². The minimum absolute atomic E-state index is 0.208. The summed E-state index contributed by atoms with van der Waals surface area (Å²) in [5, 5.41) is 11.1. The maximum absolute atomic E-state index is 9.36. The van der Waals surface area contributed by atoms with Crippen LogP contribution in [0.3, 0.4) is 0 Å². The Morgan fingerprint density at radius 3 is 3.07 bits per heavy atom. The Morgan fingerprint density at radius 1 is 1.53 bits per heavy atom. The van der Waals surface area contributed by atoms with E-state index in [4.69, 9.17) is 5.73 Å². The zero-order chi connectivity index (χ0) is 10.7. The van der Waals surface area contributed by atoms with Gasteiger partial charge in [-0.15, -0.1) is 0 Å². The van der Waals surface area contributed by atoms with Gasteiger partial charge in [0.25, 0.3) is 0 Å². The van der Waals surface area contributed by atoms with E-state index in [1.54, 1.807) is 6.20 Å². The van der Waals surface area contributed by atoms with Crippen LogP contribution in [0, 0.1) is 0 Å². The lowest BCUT2D eigenvalue weighted by Gasteiger charge is -2.27. The zero-order valence-electron chi connectivity index (χ0n) is 8.72. The van der Waals surface area contributed by atoms with Crippen LogP contribution in [-0.4, -0.2) is 29.3 Å². The molecule has 4 nitrogen and oxygen atoms in total. The minimum atomic E-state index is 0.208. The molecule has 1 saturated heterocycles. The lowest BCUT2D eigenvalue weighted by molar-refractivity contribution is 0.255. The molecule has 0 spiro atoms. The normalized spacial score (nSPS) is 22.7. The fourth-order valence-electron chi connectivity index (χ4n) is 2.03. The van der Waals surface area contributed by atoms with E-state index in [0.29, 0.717) is 0 Å². The van der Waals surface area contributed by atoms with Crippen molar-refractivity contribution in [2.75, 3.05) is 23.8 Å². The highest BCUT2D eigenvalue weighted by atomic mass is 32.1. The van der Waals surface area contributed by atoms with Gasteiger partial charge in [0.1, 0.15) is 5.00 Å². The first-order valence-corrected chi connectivity index (χ1v) is 6.21. The van der Waals surface area contributed by atoms with E-state index in [2.05, 4.69) is 9.88 Å². The molecule has 84 valence electrons. The van der Waals surface area contributed by atoms with E-state index >= 15 is 0 Å². The van der Waals surface area contributed by atoms with Gasteiger partial charge in [0.2, 0.25) is 0 Å². The molecule has 5 heteroatoms. The second-order valence-electron chi connectivity index (χ2n) is 3.92. The van der Waals surface area contributed by atoms with E-state index in [9.17, 15) is 5.11 Å². The van der Waals surface area contributed by atoms with Gasteiger partial charge in [0.15, 0.2) is 5.13 Å². The highest BCUT2D eigenvalue weighted by Gasteiger charge is 2.22. The van der Waals surface area contributed by atoms with E-state index in [1.165, 1.54) is 30.6 Å². The lowest BCUT2D eigenvalue weighted by Crippen LogP contribution is -2.37. The molecular weight excluding hydrogens is 210 g/mol. The van der Waals surface area contributed by atoms with Crippen LogP contribution in [-0.2, 0) is 0 Å². The first kappa shape index (κ1) is 10.7. The molecule has 1 aromatic heterocycles. The Hall–Kier alpha value is -0.810. The van der Waals surface area contributed by atoms with Crippen LogP contribution in [0.4, 0.5) is 10.1 Å². The summed E-state index contributed by atoms with van der Waals surface area (Å²) in [4.78, 5) is 6.49. The highest BCUT2D eigenvalue weighted by molar-refractivity contribution is 7.19. The molecule has 0 aliphatic carbocycles. The zero-order valence-corrected chi connectivity index (χ0v) is 9.54. The van der Waals surface area contributed by atoms with Crippen LogP contribution >= 0.6 is 11.3 Å². The van der Waals surface area contributed by atoms with Crippen LogP contribution in [0.15, 0.2) is 6.20 Å². The van der Waals surface area contributed by atoms with E-state index < -0.39 is 0 Å². The molecule has 1 aliphatic heterocycles. The third-order valence-electron chi connectivity index (χ3n) is 2.84. The summed E-state index contributed by atoms with van der Waals surface area (Å²) in [5.74, 6) is 0. The van der Waals surface area contributed by atoms with Gasteiger partial charge in [-0.2, -0.15) is 0 Å². The second-order valence-corrected chi connectivity index (χ2v) is 4.97. The summed E-state index contributed by atoms with van der Waals surface area (Å²) in [6.07, 6.45) is 6.36. The number of aliphatic hydroxyl groups excluding tert-OH is 1. The highest BCUT2D eigenvalue weighted by Crippen LogP contribution is 2.29. The molecule has 0 amide bonds. The molecule has 2 rings (SSSR count). The first-order chi connectivity index (χ1) is 7.31. The van der Waals surface area contributed by atoms with Crippen molar-refractivity contribution in [1.82, 2.24) is 4.98 Å². The molecule has 0 bridgehead atoms. The van der Waals surface area contributed by atoms with Crippen LogP contribution in [0.25, 0.3) is 0 Å². The van der Waals surface area contributed by atoms with Gasteiger partial charge < -0.3 is 15.7 Å². The van der Waals surface area contributed by atoms with Crippen LogP contribution in [0.1, 0.15) is 25.7 Å². The van der Waals surface area contributed by atoms with Crippen molar-refractivity contribution in [2.24, 2.45) is 0 Å². The topological polar surface area (TPSA) is 62.4 Å². The average Bonchev–Trinajstić information content (AvgIpc) is 2.54. The van der Waals surface area contributed by atoms with Crippen molar-refractivity contribution in [2.45, 2.75) is 31.7 Å². The standard InChI is InChI=1S/C10H17N3OS/c11-9-6-12-10(15-9)13-5-3-1-2-4-8(13)7-14/h6,8,14H,1-5,7,11H2. The van der Waals surface area contributed by atoms with Gasteiger partial charge in [0, 0.05) is 6.54 Å². The lowest BCUT2D eigenvalue weighted by atomic mass is 10.1. The molecule has 0 saturated carbocycles. The van der Waals surface area contributed by atoms with Gasteiger partial charge in [0.05, 0.1) is 18.8 Å². The average molecular weight is 227 g/mol. The Bertz CT molecular complexity index is 315. The molecular formula is C10H17N3OS. The van der Waals surface area contributed by atoms with Crippen molar-refractivity contribution < 1.29 is 5.11 Å². The third kappa shape index (κ3) is 2.41. The molecule has 1 aliphatic rings. The minimum Gasteiger partial charge on any atom is -0.394 e. The number of thiazole rings is 1. The Kier molecular flexibility index (Phi) is 3.43. The Balaban J connectivity index is 2.16. The van der Waals surface area contributed by atoms with Gasteiger partial charge in [-0.05, 0) is 12.8 Å².